The topological polar surface area (TPSA) is 55.4 Å². The van der Waals surface area contributed by atoms with Crippen LogP contribution in [0, 0.1) is 0 Å². The van der Waals surface area contributed by atoms with Crippen LogP contribution in [0.5, 0.6) is 0 Å². The predicted octanol–water partition coefficient (Wildman–Crippen LogP) is 5.10. The molecule has 0 aromatic heterocycles. The van der Waals surface area contributed by atoms with E-state index in [4.69, 9.17) is 4.74 Å². The molecular weight excluding hydrogens is 410 g/mol. The van der Waals surface area contributed by atoms with E-state index in [1.54, 1.807) is 6.92 Å². The molecule has 170 valence electrons. The Bertz CT molecular complexity index is 1130. The lowest BCUT2D eigenvalue weighted by atomic mass is 9.79. The average Bonchev–Trinajstić information content (AvgIpc) is 2.81. The van der Waals surface area contributed by atoms with Gasteiger partial charge in [0.05, 0.1) is 12.6 Å². The van der Waals surface area contributed by atoms with Gasteiger partial charge in [-0.2, -0.15) is 0 Å². The van der Waals surface area contributed by atoms with Gasteiger partial charge in [-0.3, -0.25) is 9.59 Å². The van der Waals surface area contributed by atoms with Gasteiger partial charge in [0.25, 0.3) is 0 Å². The Morgan fingerprint density at radius 3 is 2.30 bits per heavy atom. The third kappa shape index (κ3) is 5.51. The zero-order valence-corrected chi connectivity index (χ0v) is 19.4. The second kappa shape index (κ2) is 10.5. The van der Waals surface area contributed by atoms with E-state index in [-0.39, 0.29) is 17.9 Å². The van der Waals surface area contributed by atoms with Gasteiger partial charge in [0, 0.05) is 13.3 Å². The summed E-state index contributed by atoms with van der Waals surface area (Å²) in [5.74, 6) is -0.165. The van der Waals surface area contributed by atoms with Crippen molar-refractivity contribution in [2.75, 3.05) is 6.61 Å². The fraction of sp³-hybridized carbons (Fsp3) is 0.310. The Labute approximate surface area is 196 Å². The second-order valence-corrected chi connectivity index (χ2v) is 8.62. The molecule has 1 atom stereocenters. The van der Waals surface area contributed by atoms with Crippen LogP contribution in [-0.2, 0) is 40.0 Å². The molecule has 0 saturated heterocycles. The Balaban J connectivity index is 1.49. The molecule has 4 heteroatoms. The van der Waals surface area contributed by atoms with E-state index in [0.29, 0.717) is 19.4 Å². The third-order valence-electron chi connectivity index (χ3n) is 6.30. The summed E-state index contributed by atoms with van der Waals surface area (Å²) in [6.45, 7) is 3.84. The fourth-order valence-electron chi connectivity index (χ4n) is 4.73. The van der Waals surface area contributed by atoms with Crippen LogP contribution in [0.4, 0.5) is 0 Å². The van der Waals surface area contributed by atoms with Gasteiger partial charge in [-0.1, -0.05) is 66.7 Å². The van der Waals surface area contributed by atoms with Crippen molar-refractivity contribution in [1.29, 1.82) is 0 Å². The number of hydrogen-bond acceptors (Lipinski definition) is 3. The van der Waals surface area contributed by atoms with E-state index < -0.39 is 0 Å². The van der Waals surface area contributed by atoms with Crippen LogP contribution in [-0.4, -0.2) is 18.5 Å². The van der Waals surface area contributed by atoms with Gasteiger partial charge in [-0.05, 0) is 71.6 Å². The Morgan fingerprint density at radius 2 is 1.58 bits per heavy atom. The summed E-state index contributed by atoms with van der Waals surface area (Å²) in [6.07, 6.45) is 3.83. The molecule has 0 heterocycles. The highest BCUT2D eigenvalue weighted by molar-refractivity contribution is 5.75. The van der Waals surface area contributed by atoms with Gasteiger partial charge in [0.2, 0.25) is 5.91 Å². The van der Waals surface area contributed by atoms with Gasteiger partial charge < -0.3 is 10.1 Å². The number of nitrogens with one attached hydrogen (secondary N) is 1. The smallest absolute Gasteiger partial charge is 0.306 e. The number of carbonyl (C=O) groups excluding carboxylic acids is 2. The summed E-state index contributed by atoms with van der Waals surface area (Å²) in [4.78, 5) is 23.6. The van der Waals surface area contributed by atoms with E-state index in [1.165, 1.54) is 33.4 Å². The van der Waals surface area contributed by atoms with Crippen LogP contribution in [0.3, 0.4) is 0 Å². The fourth-order valence-corrected chi connectivity index (χ4v) is 4.73. The molecule has 4 nitrogen and oxygen atoms in total. The molecule has 4 rings (SSSR count). The molecule has 33 heavy (non-hydrogen) atoms. The molecule has 1 N–H and O–H groups in total. The zero-order valence-electron chi connectivity index (χ0n) is 19.4. The maximum absolute atomic E-state index is 12.0. The van der Waals surface area contributed by atoms with E-state index >= 15 is 0 Å². The quantitative estimate of drug-likeness (QED) is 0.495. The minimum atomic E-state index is -0.147. The van der Waals surface area contributed by atoms with Crippen LogP contribution in [0.1, 0.15) is 65.3 Å². The minimum Gasteiger partial charge on any atom is -0.466 e. The maximum Gasteiger partial charge on any atom is 0.306 e. The van der Waals surface area contributed by atoms with Crippen molar-refractivity contribution in [3.8, 4) is 0 Å². The molecule has 1 amide bonds. The maximum atomic E-state index is 12.0. The highest BCUT2D eigenvalue weighted by atomic mass is 16.5. The Morgan fingerprint density at radius 1 is 0.879 bits per heavy atom. The van der Waals surface area contributed by atoms with Gasteiger partial charge >= 0.3 is 5.97 Å². The van der Waals surface area contributed by atoms with Crippen molar-refractivity contribution in [2.24, 2.45) is 0 Å². The number of benzene rings is 3. The number of rotatable bonds is 8. The number of aryl methyl sites for hydroxylation is 3. The van der Waals surface area contributed by atoms with Crippen molar-refractivity contribution in [3.63, 3.8) is 0 Å². The lowest BCUT2D eigenvalue weighted by molar-refractivity contribution is -0.143. The highest BCUT2D eigenvalue weighted by Crippen LogP contribution is 2.37. The lowest BCUT2D eigenvalue weighted by Gasteiger charge is -2.31. The summed E-state index contributed by atoms with van der Waals surface area (Å²) < 4.78 is 5.01. The molecule has 1 aliphatic rings. The number of hydrogen-bond donors (Lipinski definition) is 1. The number of amides is 1. The predicted molar refractivity (Wildman–Crippen MR) is 130 cm³/mol. The van der Waals surface area contributed by atoms with E-state index in [9.17, 15) is 9.59 Å². The van der Waals surface area contributed by atoms with Gasteiger partial charge in [-0.25, -0.2) is 0 Å². The molecule has 3 aromatic rings. The molecule has 0 fully saturated rings. The van der Waals surface area contributed by atoms with E-state index in [1.807, 2.05) is 13.0 Å². The first-order valence-electron chi connectivity index (χ1n) is 11.7. The summed E-state index contributed by atoms with van der Waals surface area (Å²) in [5.41, 5.74) is 8.70. The molecular formula is C29H31NO3. The first kappa shape index (κ1) is 22.8. The van der Waals surface area contributed by atoms with E-state index in [0.717, 1.165) is 24.8 Å². The Hall–Kier alpha value is -3.40. The number of ether oxygens (including phenoxy) is 1. The summed E-state index contributed by atoms with van der Waals surface area (Å²) in [5, 5.41) is 3.20. The molecule has 0 bridgehead atoms. The molecule has 0 aliphatic heterocycles. The van der Waals surface area contributed by atoms with Crippen molar-refractivity contribution in [3.05, 3.63) is 106 Å². The van der Waals surface area contributed by atoms with E-state index in [2.05, 4.69) is 66.0 Å². The van der Waals surface area contributed by atoms with Crippen LogP contribution in [0.2, 0.25) is 0 Å². The minimum absolute atomic E-state index is 0.0177. The second-order valence-electron chi connectivity index (χ2n) is 8.62. The largest absolute Gasteiger partial charge is 0.466 e. The third-order valence-corrected chi connectivity index (χ3v) is 6.30. The number of carbonyl (C=O) groups is 2. The SMILES string of the molecule is CCOC(=O)CCc1ccc(CCc2cccc3c2C(NC(C)=O)c2ccccc2C3)cc1. The molecule has 3 aromatic carbocycles. The zero-order chi connectivity index (χ0) is 23.2. The van der Waals surface area contributed by atoms with Crippen molar-refractivity contribution < 1.29 is 14.3 Å². The summed E-state index contributed by atoms with van der Waals surface area (Å²) in [7, 11) is 0. The number of esters is 1. The number of fused-ring (bicyclic) bond motifs is 2. The highest BCUT2D eigenvalue weighted by Gasteiger charge is 2.27. The molecule has 1 aliphatic carbocycles. The summed E-state index contributed by atoms with van der Waals surface area (Å²) in [6, 6.07) is 23.3. The van der Waals surface area contributed by atoms with Crippen LogP contribution < -0.4 is 5.32 Å². The van der Waals surface area contributed by atoms with Crippen LogP contribution >= 0.6 is 0 Å². The van der Waals surface area contributed by atoms with Crippen LogP contribution in [0.25, 0.3) is 0 Å². The lowest BCUT2D eigenvalue weighted by Crippen LogP contribution is -2.31. The van der Waals surface area contributed by atoms with Crippen molar-refractivity contribution in [1.82, 2.24) is 5.32 Å². The first-order chi connectivity index (χ1) is 16.0. The van der Waals surface area contributed by atoms with Crippen molar-refractivity contribution in [2.45, 2.75) is 52.0 Å². The first-order valence-corrected chi connectivity index (χ1v) is 11.7. The molecule has 1 unspecified atom stereocenters. The molecule has 0 spiro atoms. The summed E-state index contributed by atoms with van der Waals surface area (Å²) >= 11 is 0. The monoisotopic (exact) mass is 441 g/mol. The van der Waals surface area contributed by atoms with Crippen LogP contribution in [0.15, 0.2) is 66.7 Å². The van der Waals surface area contributed by atoms with Gasteiger partial charge in [0.1, 0.15) is 0 Å². The van der Waals surface area contributed by atoms with Crippen molar-refractivity contribution >= 4 is 11.9 Å². The normalized spacial score (nSPS) is 14.2. The average molecular weight is 442 g/mol. The van der Waals surface area contributed by atoms with Gasteiger partial charge in [0.15, 0.2) is 0 Å². The standard InChI is InChI=1S/C29H31NO3/c1-3-33-27(32)18-16-22-13-11-21(12-14-22)15-17-23-8-6-9-25-19-24-7-4-5-10-26(24)29(28(23)25)30-20(2)31/h4-14,29H,3,15-19H2,1-2H3,(H,30,31). The Kier molecular flexibility index (Phi) is 7.23. The van der Waals surface area contributed by atoms with Gasteiger partial charge in [-0.15, -0.1) is 0 Å². The molecule has 0 saturated carbocycles. The molecule has 0 radical (unpaired) electrons.